The molecule has 1 aliphatic rings. The summed E-state index contributed by atoms with van der Waals surface area (Å²) in [5.74, 6) is -0.230. The van der Waals surface area contributed by atoms with Gasteiger partial charge in [0.25, 0.3) is 0 Å². The van der Waals surface area contributed by atoms with E-state index in [-0.39, 0.29) is 5.56 Å². The van der Waals surface area contributed by atoms with Crippen LogP contribution in [0.4, 0.5) is 11.4 Å². The zero-order chi connectivity index (χ0) is 13.1. The molecule has 0 saturated heterocycles. The van der Waals surface area contributed by atoms with E-state index in [1.807, 2.05) is 0 Å². The molecule has 0 bridgehead atoms. The minimum atomic E-state index is -0.936. The first-order valence-electron chi connectivity index (χ1n) is 6.45. The molecule has 2 atom stereocenters. The van der Waals surface area contributed by atoms with E-state index in [0.29, 0.717) is 23.3 Å². The predicted octanol–water partition coefficient (Wildman–Crippen LogP) is 2.96. The zero-order valence-corrected chi connectivity index (χ0v) is 10.6. The second-order valence-corrected chi connectivity index (χ2v) is 5.22. The number of benzene rings is 1. The smallest absolute Gasteiger partial charge is 0.337 e. The van der Waals surface area contributed by atoms with E-state index < -0.39 is 5.97 Å². The summed E-state index contributed by atoms with van der Waals surface area (Å²) in [6.07, 6.45) is 4.68. The van der Waals surface area contributed by atoms with Gasteiger partial charge < -0.3 is 16.2 Å². The molecule has 1 aliphatic carbocycles. The normalized spacial score (nSPS) is 23.6. The third kappa shape index (κ3) is 2.94. The molecule has 0 heterocycles. The van der Waals surface area contributed by atoms with E-state index in [2.05, 4.69) is 12.2 Å². The fourth-order valence-corrected chi connectivity index (χ4v) is 2.65. The second kappa shape index (κ2) is 5.29. The lowest BCUT2D eigenvalue weighted by molar-refractivity contribution is 0.0698. The molecule has 2 rings (SSSR count). The van der Waals surface area contributed by atoms with E-state index in [0.717, 1.165) is 12.8 Å². The Morgan fingerprint density at radius 1 is 1.44 bits per heavy atom. The highest BCUT2D eigenvalue weighted by Crippen LogP contribution is 2.28. The maximum atomic E-state index is 11.2. The van der Waals surface area contributed by atoms with Crippen molar-refractivity contribution >= 4 is 17.3 Å². The number of carboxylic acids is 1. The van der Waals surface area contributed by atoms with Crippen LogP contribution in [0.2, 0.25) is 0 Å². The van der Waals surface area contributed by atoms with Gasteiger partial charge >= 0.3 is 5.97 Å². The van der Waals surface area contributed by atoms with Crippen molar-refractivity contribution < 1.29 is 9.90 Å². The van der Waals surface area contributed by atoms with Gasteiger partial charge in [0, 0.05) is 17.4 Å². The zero-order valence-electron chi connectivity index (χ0n) is 10.6. The Morgan fingerprint density at radius 2 is 2.22 bits per heavy atom. The van der Waals surface area contributed by atoms with Crippen LogP contribution in [0.5, 0.6) is 0 Å². The first-order chi connectivity index (χ1) is 8.56. The monoisotopic (exact) mass is 248 g/mol. The molecule has 4 nitrogen and oxygen atoms in total. The van der Waals surface area contributed by atoms with Crippen molar-refractivity contribution in [2.75, 3.05) is 11.1 Å². The first kappa shape index (κ1) is 12.7. The number of nitrogen functional groups attached to an aromatic ring is 1. The molecule has 0 amide bonds. The number of carboxylic acid groups (broad SMARTS) is 1. The summed E-state index contributed by atoms with van der Waals surface area (Å²) >= 11 is 0. The van der Waals surface area contributed by atoms with Crippen LogP contribution in [-0.2, 0) is 0 Å². The molecule has 18 heavy (non-hydrogen) atoms. The molecule has 1 aromatic carbocycles. The van der Waals surface area contributed by atoms with E-state index >= 15 is 0 Å². The van der Waals surface area contributed by atoms with Crippen molar-refractivity contribution in [1.29, 1.82) is 0 Å². The van der Waals surface area contributed by atoms with Crippen molar-refractivity contribution in [1.82, 2.24) is 0 Å². The summed E-state index contributed by atoms with van der Waals surface area (Å²) in [6, 6.07) is 5.38. The molecular weight excluding hydrogens is 228 g/mol. The molecular formula is C14H20N2O2. The molecule has 1 saturated carbocycles. The number of carbonyl (C=O) groups is 1. The molecule has 0 aliphatic heterocycles. The molecule has 0 spiro atoms. The van der Waals surface area contributed by atoms with E-state index in [1.54, 1.807) is 12.1 Å². The maximum absolute atomic E-state index is 11.2. The second-order valence-electron chi connectivity index (χ2n) is 5.22. The summed E-state index contributed by atoms with van der Waals surface area (Å²) in [5.41, 5.74) is 7.05. The number of anilines is 2. The first-order valence-corrected chi connectivity index (χ1v) is 6.45. The van der Waals surface area contributed by atoms with Gasteiger partial charge in [-0.05, 0) is 37.0 Å². The predicted molar refractivity (Wildman–Crippen MR) is 72.9 cm³/mol. The molecule has 2 unspecified atom stereocenters. The van der Waals surface area contributed by atoms with Crippen molar-refractivity contribution in [3.8, 4) is 0 Å². The summed E-state index contributed by atoms with van der Waals surface area (Å²) in [4.78, 5) is 11.2. The average Bonchev–Trinajstić information content (AvgIpc) is 2.31. The van der Waals surface area contributed by atoms with Crippen molar-refractivity contribution in [3.05, 3.63) is 23.8 Å². The van der Waals surface area contributed by atoms with Gasteiger partial charge in [0.15, 0.2) is 0 Å². The van der Waals surface area contributed by atoms with Crippen LogP contribution in [-0.4, -0.2) is 17.1 Å². The fourth-order valence-electron chi connectivity index (χ4n) is 2.65. The molecule has 98 valence electrons. The molecule has 0 aromatic heterocycles. The number of nitrogens with two attached hydrogens (primary N) is 1. The van der Waals surface area contributed by atoms with Gasteiger partial charge in [-0.3, -0.25) is 0 Å². The molecule has 0 radical (unpaired) electrons. The van der Waals surface area contributed by atoms with Gasteiger partial charge in [-0.2, -0.15) is 0 Å². The highest BCUT2D eigenvalue weighted by Gasteiger charge is 2.20. The van der Waals surface area contributed by atoms with Crippen LogP contribution in [0.1, 0.15) is 43.0 Å². The van der Waals surface area contributed by atoms with E-state index in [9.17, 15) is 9.90 Å². The Morgan fingerprint density at radius 3 is 2.89 bits per heavy atom. The SMILES string of the molecule is CC1CCCC(Nc2ccc(N)cc2C(=O)O)C1. The summed E-state index contributed by atoms with van der Waals surface area (Å²) < 4.78 is 0. The van der Waals surface area contributed by atoms with Crippen LogP contribution in [0.3, 0.4) is 0 Å². The van der Waals surface area contributed by atoms with Crippen LogP contribution < -0.4 is 11.1 Å². The van der Waals surface area contributed by atoms with Gasteiger partial charge in [-0.15, -0.1) is 0 Å². The fraction of sp³-hybridized carbons (Fsp3) is 0.500. The molecule has 4 heteroatoms. The third-order valence-corrected chi connectivity index (χ3v) is 3.57. The van der Waals surface area contributed by atoms with E-state index in [1.165, 1.54) is 18.9 Å². The van der Waals surface area contributed by atoms with Gasteiger partial charge in [0.2, 0.25) is 0 Å². The van der Waals surface area contributed by atoms with Gasteiger partial charge in [-0.25, -0.2) is 4.79 Å². The Kier molecular flexibility index (Phi) is 3.75. The minimum Gasteiger partial charge on any atom is -0.478 e. The Balaban J connectivity index is 2.15. The largest absolute Gasteiger partial charge is 0.478 e. The summed E-state index contributed by atoms with van der Waals surface area (Å²) in [7, 11) is 0. The van der Waals surface area contributed by atoms with Crippen molar-refractivity contribution in [3.63, 3.8) is 0 Å². The lowest BCUT2D eigenvalue weighted by Gasteiger charge is -2.28. The Hall–Kier alpha value is -1.71. The van der Waals surface area contributed by atoms with E-state index in [4.69, 9.17) is 5.73 Å². The van der Waals surface area contributed by atoms with Crippen molar-refractivity contribution in [2.45, 2.75) is 38.6 Å². The average molecular weight is 248 g/mol. The van der Waals surface area contributed by atoms with Crippen LogP contribution in [0, 0.1) is 5.92 Å². The molecule has 1 aromatic rings. The number of hydrogen-bond donors (Lipinski definition) is 3. The standard InChI is InChI=1S/C14H20N2O2/c1-9-3-2-4-11(7-9)16-13-6-5-10(15)8-12(13)14(17)18/h5-6,8-9,11,16H,2-4,7,15H2,1H3,(H,17,18). The van der Waals surface area contributed by atoms with Crippen molar-refractivity contribution in [2.24, 2.45) is 5.92 Å². The van der Waals surface area contributed by atoms with Crippen LogP contribution >= 0.6 is 0 Å². The topological polar surface area (TPSA) is 75.3 Å². The highest BCUT2D eigenvalue weighted by molar-refractivity contribution is 5.95. The Bertz CT molecular complexity index is 445. The van der Waals surface area contributed by atoms with Crippen LogP contribution in [0.15, 0.2) is 18.2 Å². The Labute approximate surface area is 107 Å². The lowest BCUT2D eigenvalue weighted by Crippen LogP contribution is -2.27. The highest BCUT2D eigenvalue weighted by atomic mass is 16.4. The molecule has 1 fully saturated rings. The number of aromatic carboxylic acids is 1. The van der Waals surface area contributed by atoms with Gasteiger partial charge in [0.05, 0.1) is 5.56 Å². The summed E-state index contributed by atoms with van der Waals surface area (Å²) in [6.45, 7) is 2.24. The molecule has 4 N–H and O–H groups in total. The lowest BCUT2D eigenvalue weighted by atomic mass is 9.87. The summed E-state index contributed by atoms with van der Waals surface area (Å²) in [5, 5.41) is 12.5. The number of hydrogen-bond acceptors (Lipinski definition) is 3. The van der Waals surface area contributed by atoms with Crippen LogP contribution in [0.25, 0.3) is 0 Å². The minimum absolute atomic E-state index is 0.258. The van der Waals surface area contributed by atoms with Gasteiger partial charge in [0.1, 0.15) is 0 Å². The maximum Gasteiger partial charge on any atom is 0.337 e. The number of rotatable bonds is 3. The quantitative estimate of drug-likeness (QED) is 0.719. The number of nitrogens with one attached hydrogen (secondary N) is 1. The van der Waals surface area contributed by atoms with Gasteiger partial charge in [-0.1, -0.05) is 19.8 Å². The third-order valence-electron chi connectivity index (χ3n) is 3.57.